The summed E-state index contributed by atoms with van der Waals surface area (Å²) in [6, 6.07) is 108. The van der Waals surface area contributed by atoms with E-state index in [0.717, 1.165) is 95.3 Å². The molecule has 0 unspecified atom stereocenters. The van der Waals surface area contributed by atoms with Crippen LogP contribution in [0.4, 0.5) is 5.69 Å². The number of allylic oxidation sites excluding steroid dienone is 4. The van der Waals surface area contributed by atoms with Crippen molar-refractivity contribution in [1.29, 1.82) is 0 Å². The van der Waals surface area contributed by atoms with Crippen molar-refractivity contribution in [3.8, 4) is 67.4 Å². The van der Waals surface area contributed by atoms with Crippen LogP contribution in [-0.2, 0) is 91.0 Å². The molecule has 0 bridgehead atoms. The minimum Gasteiger partial charge on any atom is -0.512 e. The van der Waals surface area contributed by atoms with Crippen LogP contribution in [0.5, 0.6) is 0 Å². The van der Waals surface area contributed by atoms with Crippen LogP contribution in [0.1, 0.15) is 61.1 Å². The molecule has 0 aliphatic carbocycles. The van der Waals surface area contributed by atoms with Gasteiger partial charge in [-0.1, -0.05) is 191 Å². The predicted octanol–water partition coefficient (Wildman–Crippen LogP) is 23.6. The number of fused-ring (bicyclic) bond motifs is 3. The molecule has 0 amide bonds. The van der Waals surface area contributed by atoms with Crippen LogP contribution >= 0.6 is 0 Å². The molecule has 0 atom stereocenters. The molecule has 15 aromatic rings. The number of pyridine rings is 5. The van der Waals surface area contributed by atoms with Crippen molar-refractivity contribution in [1.82, 2.24) is 24.9 Å². The van der Waals surface area contributed by atoms with Gasteiger partial charge in [0.05, 0.1) is 25.1 Å². The van der Waals surface area contributed by atoms with E-state index in [9.17, 15) is 9.59 Å². The molecule has 0 fully saturated rings. The molecule has 3 radical (unpaired) electrons. The van der Waals surface area contributed by atoms with Gasteiger partial charge in [0.15, 0.2) is 11.6 Å². The summed E-state index contributed by atoms with van der Waals surface area (Å²) in [6.07, 6.45) is 11.6. The van der Waals surface area contributed by atoms with Crippen molar-refractivity contribution in [3.63, 3.8) is 0 Å². The number of carbonyl (C=O) groups excluding carboxylic acids is 2. The zero-order valence-corrected chi connectivity index (χ0v) is 75.5. The number of hydrogen-bond donors (Lipinski definition) is 2. The number of benzene rings is 10. The zero-order valence-electron chi connectivity index (χ0n) is 65.1. The Balaban J connectivity index is 0.000000243. The van der Waals surface area contributed by atoms with E-state index in [1.165, 1.54) is 88.7 Å². The maximum absolute atomic E-state index is 10.0. The Labute approximate surface area is 722 Å². The Bertz CT molecular complexity index is 5500. The number of aliphatic hydroxyl groups excluding tert-OH is 2. The number of aromatic nitrogens is 5. The van der Waals surface area contributed by atoms with Crippen molar-refractivity contribution < 1.29 is 101 Å². The number of aliphatic imine (C=N–C) groups is 1. The topological polar surface area (TPSA) is 151 Å². The number of rotatable bonds is 11. The minimum absolute atomic E-state index is 0. The summed E-state index contributed by atoms with van der Waals surface area (Å²) in [5.74, 6) is -0.125. The number of aryl methyl sites for hydroxylation is 5. The molecule has 10 aromatic carbocycles. The second-order valence-corrected chi connectivity index (χ2v) is 32.0. The number of nitrogens with zero attached hydrogens (tertiary/aromatic N) is 6. The van der Waals surface area contributed by atoms with Gasteiger partial charge in [0.25, 0.3) is 0 Å². The maximum atomic E-state index is 10.0. The molecule has 0 aliphatic rings. The molecule has 15 rings (SSSR count). The van der Waals surface area contributed by atoms with Gasteiger partial charge < -0.3 is 30.2 Å². The van der Waals surface area contributed by atoms with Crippen molar-refractivity contribution in [2.45, 2.75) is 82.0 Å². The van der Waals surface area contributed by atoms with Gasteiger partial charge in [-0.2, -0.15) is 0 Å². The summed E-state index contributed by atoms with van der Waals surface area (Å²) in [4.78, 5) is 47.2. The van der Waals surface area contributed by atoms with E-state index >= 15 is 0 Å². The fourth-order valence-electron chi connectivity index (χ4n) is 11.6. The molecule has 15 heteroatoms. The van der Waals surface area contributed by atoms with Crippen LogP contribution in [0.2, 0.25) is 19.6 Å². The quantitative estimate of drug-likeness (QED) is 0.0424. The van der Waals surface area contributed by atoms with Crippen LogP contribution in [0.15, 0.2) is 314 Å². The van der Waals surface area contributed by atoms with Gasteiger partial charge in [-0.15, -0.1) is 207 Å². The summed E-state index contributed by atoms with van der Waals surface area (Å²) >= 11 is 0. The first-order valence-electron chi connectivity index (χ1n) is 35.8. The fraction of sp³-hybridized carbons (Fsp3) is 0.122. The third kappa shape index (κ3) is 29.9. The molecular formula is C98H88Ir3N6O4PtSi-4. The summed E-state index contributed by atoms with van der Waals surface area (Å²) in [7, 11) is -1.28. The molecule has 113 heavy (non-hydrogen) atoms. The summed E-state index contributed by atoms with van der Waals surface area (Å²) in [5.41, 5.74) is 21.1. The maximum Gasteiger partial charge on any atom is 2.00 e. The average Bonchev–Trinajstić information content (AvgIpc) is 0.778. The van der Waals surface area contributed by atoms with Crippen molar-refractivity contribution >= 4 is 69.2 Å². The SMILES string of the molecule is CC(=O)C=C(C)O.CC(=O)C=C(C)O.Cc1[c-]c(-c2ccc3cc([Si](C)(C)C)ccc3n2)cc(C)c1.Cc1[c-]c(-c2ncc3ccccc3c2C)cc(C)c1.[Ir].[Ir].[Ir].[Pt+2].[c-]1c(C=Nc2ccccc2-c2[c-]cccc2)cccc1-c1ccccn1.[c-]1ccccc1-c1cc2ccccc2cn1.[c-]1ccccc1-c1ccccn1. The molecule has 0 saturated carbocycles. The summed E-state index contributed by atoms with van der Waals surface area (Å²) < 4.78 is 0. The van der Waals surface area contributed by atoms with Crippen LogP contribution in [0, 0.1) is 71.0 Å². The van der Waals surface area contributed by atoms with Crippen LogP contribution in [-0.4, -0.2) is 61.0 Å². The third-order valence-corrected chi connectivity index (χ3v) is 18.6. The van der Waals surface area contributed by atoms with Gasteiger partial charge in [-0.25, -0.2) is 0 Å². The Kier molecular flexibility index (Phi) is 39.0. The molecule has 0 spiro atoms. The zero-order chi connectivity index (χ0) is 77.7. The van der Waals surface area contributed by atoms with Crippen LogP contribution in [0.25, 0.3) is 99.9 Å². The third-order valence-electron chi connectivity index (χ3n) is 16.5. The Morgan fingerprint density at radius 3 is 1.47 bits per heavy atom. The molecule has 10 nitrogen and oxygen atoms in total. The van der Waals surface area contributed by atoms with Gasteiger partial charge in [0.2, 0.25) is 0 Å². The van der Waals surface area contributed by atoms with Crippen molar-refractivity contribution in [2.75, 3.05) is 0 Å². The first-order chi connectivity index (χ1) is 52.5. The first kappa shape index (κ1) is 93.3. The standard InChI is InChI=1S/C24H16N2.C20H22NSi.C18H16N.C15H10N.C11H8N.2C5H8O2.3Ir.Pt/c1-2-10-20(11-3-1)22-13-4-5-15-24(22)26-18-19-9-8-12-21(17-19)23-14-6-7-16-25-23;1-14-10-15(2)12-17(11-14)20-8-6-16-13-18(22(3,4)5)7-9-19(16)21-20;1-12-8-13(2)10-16(9-12)18-14(3)17-7-5-4-6-15(17)11-19-18;1-2-6-12(7-3-1)15-10-13-8-4-5-9-14(13)11-16-15;1-2-6-10(7-3-1)11-8-4-5-9-12-11;2*1-4(6)3-5(2)7;;;;/h1-10,12-16,18H;6-11,13H,1-5H3;4-9,11H,1-3H3;1-6,8-11H;1-6,8-9H;2*3,6H,1-2H3;;;;/q-2;4*-1;;;;;;+2. The second kappa shape index (κ2) is 47.3. The normalized spacial score (nSPS) is 10.6. The second-order valence-electron chi connectivity index (χ2n) is 26.9. The number of carbonyl (C=O) groups is 2. The van der Waals surface area contributed by atoms with E-state index in [1.54, 1.807) is 12.4 Å². The van der Waals surface area contributed by atoms with E-state index < -0.39 is 8.07 Å². The number of hydrogen-bond acceptors (Lipinski definition) is 10. The smallest absolute Gasteiger partial charge is 0.512 e. The van der Waals surface area contributed by atoms with E-state index in [4.69, 9.17) is 20.2 Å². The van der Waals surface area contributed by atoms with Gasteiger partial charge in [-0.05, 0) is 115 Å². The number of ketones is 2. The van der Waals surface area contributed by atoms with Gasteiger partial charge >= 0.3 is 21.1 Å². The molecule has 5 aromatic heterocycles. The number of para-hydroxylation sites is 1. The molecule has 2 N–H and O–H groups in total. The van der Waals surface area contributed by atoms with Gasteiger partial charge in [0, 0.05) is 109 Å². The Hall–Kier alpha value is -10.3. The van der Waals surface area contributed by atoms with Crippen molar-refractivity contribution in [3.05, 3.63) is 379 Å². The fourth-order valence-corrected chi connectivity index (χ4v) is 12.7. The monoisotopic (exact) mass is 2210 g/mol. The van der Waals surface area contributed by atoms with Crippen LogP contribution in [0.3, 0.4) is 0 Å². The van der Waals surface area contributed by atoms with E-state index in [1.807, 2.05) is 182 Å². The van der Waals surface area contributed by atoms with Crippen LogP contribution < -0.4 is 5.19 Å². The Morgan fingerprint density at radius 1 is 0.416 bits per heavy atom. The molecule has 0 saturated heterocycles. The van der Waals surface area contributed by atoms with E-state index in [-0.39, 0.29) is 104 Å². The van der Waals surface area contributed by atoms with E-state index in [2.05, 4.69) is 208 Å². The summed E-state index contributed by atoms with van der Waals surface area (Å²) in [6.45, 7) is 23.3. The minimum atomic E-state index is -1.28. The number of aliphatic hydroxyl groups is 2. The Morgan fingerprint density at radius 2 is 0.920 bits per heavy atom. The molecule has 5 heterocycles. The van der Waals surface area contributed by atoms with E-state index in [0.29, 0.717) is 0 Å². The predicted molar refractivity (Wildman–Crippen MR) is 454 cm³/mol. The molecular weight excluding hydrogens is 2120 g/mol. The first-order valence-corrected chi connectivity index (χ1v) is 39.3. The largest absolute Gasteiger partial charge is 2.00 e. The van der Waals surface area contributed by atoms with Gasteiger partial charge in [0.1, 0.15) is 0 Å². The average molecular weight is 2210 g/mol. The summed E-state index contributed by atoms with van der Waals surface area (Å²) in [5, 5.41) is 24.3. The molecule has 0 aliphatic heterocycles. The molecule has 579 valence electrons. The van der Waals surface area contributed by atoms with Crippen molar-refractivity contribution in [2.24, 2.45) is 4.99 Å². The van der Waals surface area contributed by atoms with Gasteiger partial charge in [-0.3, -0.25) is 19.6 Å².